The fraction of sp³-hybridized carbons (Fsp3) is 0.217. The van der Waals surface area contributed by atoms with Gasteiger partial charge < -0.3 is 15.1 Å². The third-order valence-electron chi connectivity index (χ3n) is 5.02. The van der Waals surface area contributed by atoms with Crippen molar-refractivity contribution in [2.75, 3.05) is 36.4 Å². The summed E-state index contributed by atoms with van der Waals surface area (Å²) in [5.74, 6) is 0.736. The Labute approximate surface area is 165 Å². The number of benzene rings is 2. The standard InChI is InChI=1S/C23H24N4O/c1-18-7-9-20(10-8-18)25-22-17-19(11-12-24-22)23(28)27-15-13-26(14-16-27)21-5-3-2-4-6-21/h2-12,17H,13-16H2,1H3,(H,24,25). The molecule has 0 saturated carbocycles. The SMILES string of the molecule is Cc1ccc(Nc2cc(C(=O)N3CCN(c4ccccc4)CC3)ccn2)cc1. The maximum absolute atomic E-state index is 12.9. The molecule has 2 aromatic carbocycles. The lowest BCUT2D eigenvalue weighted by Gasteiger charge is -2.36. The summed E-state index contributed by atoms with van der Waals surface area (Å²) in [7, 11) is 0. The second-order valence-corrected chi connectivity index (χ2v) is 7.04. The molecule has 3 aromatic rings. The van der Waals surface area contributed by atoms with E-state index in [0.717, 1.165) is 31.9 Å². The molecule has 28 heavy (non-hydrogen) atoms. The van der Waals surface area contributed by atoms with Crippen molar-refractivity contribution in [2.45, 2.75) is 6.92 Å². The molecule has 0 radical (unpaired) electrons. The summed E-state index contributed by atoms with van der Waals surface area (Å²) < 4.78 is 0. The van der Waals surface area contributed by atoms with E-state index in [-0.39, 0.29) is 5.91 Å². The van der Waals surface area contributed by atoms with Gasteiger partial charge in [-0.05, 0) is 43.3 Å². The number of amides is 1. The summed E-state index contributed by atoms with van der Waals surface area (Å²) in [6.45, 7) is 5.18. The molecule has 5 heteroatoms. The molecular formula is C23H24N4O. The van der Waals surface area contributed by atoms with Crippen molar-refractivity contribution in [2.24, 2.45) is 0 Å². The molecule has 5 nitrogen and oxygen atoms in total. The Balaban J connectivity index is 1.40. The van der Waals surface area contributed by atoms with Gasteiger partial charge in [-0.1, -0.05) is 35.9 Å². The van der Waals surface area contributed by atoms with Gasteiger partial charge in [-0.25, -0.2) is 4.98 Å². The van der Waals surface area contributed by atoms with Crippen LogP contribution in [0.1, 0.15) is 15.9 Å². The number of rotatable bonds is 4. The van der Waals surface area contributed by atoms with E-state index in [0.29, 0.717) is 11.4 Å². The van der Waals surface area contributed by atoms with E-state index >= 15 is 0 Å². The minimum absolute atomic E-state index is 0.0575. The van der Waals surface area contributed by atoms with E-state index in [1.54, 1.807) is 12.3 Å². The van der Waals surface area contributed by atoms with Gasteiger partial charge >= 0.3 is 0 Å². The second kappa shape index (κ2) is 8.13. The summed E-state index contributed by atoms with van der Waals surface area (Å²) in [6, 6.07) is 22.1. The van der Waals surface area contributed by atoms with Crippen LogP contribution in [0.15, 0.2) is 72.9 Å². The van der Waals surface area contributed by atoms with Gasteiger partial charge in [-0.15, -0.1) is 0 Å². The van der Waals surface area contributed by atoms with Gasteiger partial charge in [0, 0.05) is 49.3 Å². The van der Waals surface area contributed by atoms with E-state index < -0.39 is 0 Å². The molecule has 0 atom stereocenters. The highest BCUT2D eigenvalue weighted by molar-refractivity contribution is 5.95. The highest BCUT2D eigenvalue weighted by atomic mass is 16.2. The van der Waals surface area contributed by atoms with Crippen LogP contribution in [0, 0.1) is 6.92 Å². The van der Waals surface area contributed by atoms with E-state index in [1.165, 1.54) is 11.3 Å². The first-order valence-electron chi connectivity index (χ1n) is 9.58. The van der Waals surface area contributed by atoms with Crippen molar-refractivity contribution in [3.05, 3.63) is 84.1 Å². The van der Waals surface area contributed by atoms with Gasteiger partial charge in [-0.2, -0.15) is 0 Å². The lowest BCUT2D eigenvalue weighted by Crippen LogP contribution is -2.48. The Hall–Kier alpha value is -3.34. The van der Waals surface area contributed by atoms with Crippen molar-refractivity contribution in [1.29, 1.82) is 0 Å². The van der Waals surface area contributed by atoms with Crippen LogP contribution in [0.2, 0.25) is 0 Å². The van der Waals surface area contributed by atoms with Crippen LogP contribution in [-0.4, -0.2) is 42.0 Å². The molecule has 1 aromatic heterocycles. The maximum Gasteiger partial charge on any atom is 0.254 e. The fourth-order valence-electron chi connectivity index (χ4n) is 3.41. The van der Waals surface area contributed by atoms with Gasteiger partial charge in [0.1, 0.15) is 5.82 Å². The van der Waals surface area contributed by atoms with Gasteiger partial charge in [0.25, 0.3) is 5.91 Å². The number of nitrogens with one attached hydrogen (secondary N) is 1. The number of aryl methyl sites for hydroxylation is 1. The third-order valence-corrected chi connectivity index (χ3v) is 5.02. The van der Waals surface area contributed by atoms with Crippen LogP contribution in [0.25, 0.3) is 0 Å². The molecule has 1 amide bonds. The predicted molar refractivity (Wildman–Crippen MR) is 113 cm³/mol. The zero-order valence-corrected chi connectivity index (χ0v) is 16.0. The lowest BCUT2D eigenvalue weighted by molar-refractivity contribution is 0.0746. The van der Waals surface area contributed by atoms with Crippen LogP contribution in [0.5, 0.6) is 0 Å². The van der Waals surface area contributed by atoms with E-state index in [9.17, 15) is 4.79 Å². The molecule has 1 saturated heterocycles. The number of hydrogen-bond acceptors (Lipinski definition) is 4. The minimum atomic E-state index is 0.0575. The van der Waals surface area contributed by atoms with Crippen LogP contribution in [0.3, 0.4) is 0 Å². The normalized spacial score (nSPS) is 14.0. The van der Waals surface area contributed by atoms with Crippen LogP contribution in [0.4, 0.5) is 17.2 Å². The van der Waals surface area contributed by atoms with Gasteiger partial charge in [0.05, 0.1) is 0 Å². The average Bonchev–Trinajstić information content (AvgIpc) is 2.76. The highest BCUT2D eigenvalue weighted by Gasteiger charge is 2.22. The molecule has 1 aliphatic heterocycles. The number of para-hydroxylation sites is 1. The van der Waals surface area contributed by atoms with Gasteiger partial charge in [0.15, 0.2) is 0 Å². The molecule has 1 aliphatic rings. The molecule has 142 valence electrons. The number of anilines is 3. The van der Waals surface area contributed by atoms with Crippen LogP contribution >= 0.6 is 0 Å². The summed E-state index contributed by atoms with van der Waals surface area (Å²) in [5.41, 5.74) is 4.04. The molecule has 0 bridgehead atoms. The van der Waals surface area contributed by atoms with Crippen molar-refractivity contribution in [1.82, 2.24) is 9.88 Å². The Bertz CT molecular complexity index is 932. The van der Waals surface area contributed by atoms with E-state index in [4.69, 9.17) is 0 Å². The van der Waals surface area contributed by atoms with E-state index in [2.05, 4.69) is 34.3 Å². The summed E-state index contributed by atoms with van der Waals surface area (Å²) in [6.07, 6.45) is 1.68. The first-order valence-corrected chi connectivity index (χ1v) is 9.58. The second-order valence-electron chi connectivity index (χ2n) is 7.04. The molecule has 0 aliphatic carbocycles. The molecule has 4 rings (SSSR count). The van der Waals surface area contributed by atoms with Gasteiger partial charge in [0.2, 0.25) is 0 Å². The number of carbonyl (C=O) groups is 1. The average molecular weight is 372 g/mol. The number of pyridine rings is 1. The molecule has 2 heterocycles. The van der Waals surface area contributed by atoms with Crippen molar-refractivity contribution in [3.8, 4) is 0 Å². The van der Waals surface area contributed by atoms with Crippen molar-refractivity contribution < 1.29 is 4.79 Å². The van der Waals surface area contributed by atoms with Crippen LogP contribution in [-0.2, 0) is 0 Å². The van der Waals surface area contributed by atoms with Crippen LogP contribution < -0.4 is 10.2 Å². The molecule has 0 spiro atoms. The fourth-order valence-corrected chi connectivity index (χ4v) is 3.41. The third kappa shape index (κ3) is 4.14. The molecule has 1 N–H and O–H groups in total. The topological polar surface area (TPSA) is 48.5 Å². The maximum atomic E-state index is 12.9. The monoisotopic (exact) mass is 372 g/mol. The zero-order valence-electron chi connectivity index (χ0n) is 16.0. The predicted octanol–water partition coefficient (Wildman–Crippen LogP) is 4.10. The Kier molecular flexibility index (Phi) is 5.24. The highest BCUT2D eigenvalue weighted by Crippen LogP contribution is 2.19. The Morgan fingerprint density at radius 1 is 0.929 bits per heavy atom. The number of nitrogens with zero attached hydrogens (tertiary/aromatic N) is 3. The molecular weight excluding hydrogens is 348 g/mol. The first-order chi connectivity index (χ1) is 13.7. The van der Waals surface area contributed by atoms with Crippen molar-refractivity contribution >= 4 is 23.1 Å². The quantitative estimate of drug-likeness (QED) is 0.749. The number of carbonyl (C=O) groups excluding carboxylic acids is 1. The number of piperazine rings is 1. The van der Waals surface area contributed by atoms with Gasteiger partial charge in [-0.3, -0.25) is 4.79 Å². The minimum Gasteiger partial charge on any atom is -0.368 e. The van der Waals surface area contributed by atoms with E-state index in [1.807, 2.05) is 53.4 Å². The Morgan fingerprint density at radius 2 is 1.64 bits per heavy atom. The Morgan fingerprint density at radius 3 is 2.36 bits per heavy atom. The largest absolute Gasteiger partial charge is 0.368 e. The summed E-state index contributed by atoms with van der Waals surface area (Å²) >= 11 is 0. The number of hydrogen-bond donors (Lipinski definition) is 1. The molecule has 1 fully saturated rings. The summed E-state index contributed by atoms with van der Waals surface area (Å²) in [5, 5.41) is 3.27. The lowest BCUT2D eigenvalue weighted by atomic mass is 10.2. The zero-order chi connectivity index (χ0) is 19.3. The molecule has 0 unspecified atom stereocenters. The smallest absolute Gasteiger partial charge is 0.254 e. The van der Waals surface area contributed by atoms with Crippen molar-refractivity contribution in [3.63, 3.8) is 0 Å². The first kappa shape index (κ1) is 18.0. The number of aromatic nitrogens is 1. The summed E-state index contributed by atoms with van der Waals surface area (Å²) in [4.78, 5) is 21.5.